The van der Waals surface area contributed by atoms with Crippen molar-refractivity contribution in [2.24, 2.45) is 4.36 Å². The molecule has 1 nitrogen and oxygen atoms in total. The maximum absolute atomic E-state index is 12.2. The molecule has 0 aromatic heterocycles. The zero-order valence-corrected chi connectivity index (χ0v) is 8.17. The highest BCUT2D eigenvalue weighted by Gasteiger charge is 2.36. The number of halogens is 6. The molecule has 0 unspecified atom stereocenters. The molecule has 1 rings (SSSR count). The smallest absolute Gasteiger partial charge is 0.182 e. The summed E-state index contributed by atoms with van der Waals surface area (Å²) in [7, 11) is 0. The van der Waals surface area contributed by atoms with Crippen LogP contribution >= 0.6 is 0 Å². The maximum atomic E-state index is 12.2. The van der Waals surface area contributed by atoms with Crippen LogP contribution in [0.1, 0.15) is 11.1 Å². The van der Waals surface area contributed by atoms with Gasteiger partial charge in [0, 0.05) is 12.4 Å². The summed E-state index contributed by atoms with van der Waals surface area (Å²) < 4.78 is 76.3. The molecule has 16 heavy (non-hydrogen) atoms. The van der Waals surface area contributed by atoms with E-state index in [1.54, 1.807) is 0 Å². The fourth-order valence-electron chi connectivity index (χ4n) is 0.991. The lowest BCUT2D eigenvalue weighted by Crippen LogP contribution is -2.10. The molecule has 88 valence electrons. The van der Waals surface area contributed by atoms with Crippen molar-refractivity contribution >= 4 is 18.1 Å². The number of benzene rings is 1. The monoisotopic (exact) mass is 259 g/mol. The first-order chi connectivity index (χ1) is 7.14. The van der Waals surface area contributed by atoms with Crippen LogP contribution in [-0.2, 0) is 24.8 Å². The maximum Gasteiger partial charge on any atom is 0.416 e. The molecule has 0 fully saturated rings. The van der Waals surface area contributed by atoms with Gasteiger partial charge in [0.25, 0.3) is 0 Å². The second kappa shape index (κ2) is 4.00. The number of hydrogen-bond donors (Lipinski definition) is 0. The van der Waals surface area contributed by atoms with Gasteiger partial charge < -0.3 is 0 Å². The predicted octanol–water partition coefficient (Wildman–Crippen LogP) is 4.09. The van der Waals surface area contributed by atoms with E-state index in [2.05, 4.69) is 16.8 Å². The van der Waals surface area contributed by atoms with Crippen molar-refractivity contribution in [3.8, 4) is 0 Å². The molecule has 1 aromatic carbocycles. The first-order valence-corrected chi connectivity index (χ1v) is 4.14. The van der Waals surface area contributed by atoms with Gasteiger partial charge in [-0.2, -0.15) is 30.7 Å². The highest BCUT2D eigenvalue weighted by molar-refractivity contribution is 7.47. The standard InChI is InChI=1S/C8H3F6NS/c9-7(10,11)4-1-5(8(12,13)14)3-6(2-4)15-16/h1-3H. The third-order valence-corrected chi connectivity index (χ3v) is 1.89. The second-order valence-corrected chi connectivity index (χ2v) is 3.04. The minimum absolute atomic E-state index is 0.0179. The molecule has 0 radical (unpaired) electrons. The van der Waals surface area contributed by atoms with Gasteiger partial charge in [0.05, 0.1) is 16.8 Å². The van der Waals surface area contributed by atoms with Crippen LogP contribution in [0.4, 0.5) is 32.0 Å². The Morgan fingerprint density at radius 3 is 1.44 bits per heavy atom. The SMILES string of the molecule is FC(F)(F)c1cc(N=S)cc(C(F)(F)F)c1. The van der Waals surface area contributed by atoms with Crippen molar-refractivity contribution < 1.29 is 26.3 Å². The summed E-state index contributed by atoms with van der Waals surface area (Å²) in [6, 6.07) is 0.939. The van der Waals surface area contributed by atoms with Crippen LogP contribution in [-0.4, -0.2) is 0 Å². The van der Waals surface area contributed by atoms with Crippen LogP contribution in [0.15, 0.2) is 22.6 Å². The molecule has 0 saturated carbocycles. The van der Waals surface area contributed by atoms with Gasteiger partial charge in [-0.3, -0.25) is 0 Å². The largest absolute Gasteiger partial charge is 0.416 e. The zero-order chi connectivity index (χ0) is 12.6. The summed E-state index contributed by atoms with van der Waals surface area (Å²) >= 11 is 4.07. The van der Waals surface area contributed by atoms with Crippen molar-refractivity contribution in [3.05, 3.63) is 29.3 Å². The van der Waals surface area contributed by atoms with Gasteiger partial charge in [-0.15, -0.1) is 0 Å². The van der Waals surface area contributed by atoms with Crippen molar-refractivity contribution in [3.63, 3.8) is 0 Å². The van der Waals surface area contributed by atoms with Crippen molar-refractivity contribution in [1.29, 1.82) is 0 Å². The van der Waals surface area contributed by atoms with Crippen molar-refractivity contribution in [2.45, 2.75) is 12.4 Å². The third-order valence-electron chi connectivity index (χ3n) is 1.68. The molecular formula is C8H3F6NS. The number of alkyl halides is 6. The predicted molar refractivity (Wildman–Crippen MR) is 45.9 cm³/mol. The quantitative estimate of drug-likeness (QED) is 0.692. The summed E-state index contributed by atoms with van der Waals surface area (Å²) in [5, 5.41) is 0. The molecule has 1 aromatic rings. The van der Waals surface area contributed by atoms with E-state index in [0.29, 0.717) is 12.1 Å². The lowest BCUT2D eigenvalue weighted by atomic mass is 10.1. The van der Waals surface area contributed by atoms with E-state index in [1.165, 1.54) is 0 Å². The average molecular weight is 259 g/mol. The fourth-order valence-corrected chi connectivity index (χ4v) is 1.10. The molecule has 0 spiro atoms. The number of nitrogens with zero attached hydrogens (tertiary/aromatic N) is 1. The van der Waals surface area contributed by atoms with Crippen LogP contribution < -0.4 is 0 Å². The van der Waals surface area contributed by atoms with E-state index in [-0.39, 0.29) is 6.07 Å². The zero-order valence-electron chi connectivity index (χ0n) is 7.36. The van der Waals surface area contributed by atoms with E-state index in [1.807, 2.05) is 0 Å². The Balaban J connectivity index is 3.39. The van der Waals surface area contributed by atoms with Gasteiger partial charge in [-0.1, -0.05) is 0 Å². The van der Waals surface area contributed by atoms with E-state index < -0.39 is 29.2 Å². The van der Waals surface area contributed by atoms with Crippen molar-refractivity contribution in [1.82, 2.24) is 0 Å². The minimum atomic E-state index is -4.87. The Morgan fingerprint density at radius 1 is 0.812 bits per heavy atom. The minimum Gasteiger partial charge on any atom is -0.182 e. The van der Waals surface area contributed by atoms with Crippen LogP contribution in [0.25, 0.3) is 0 Å². The van der Waals surface area contributed by atoms with Crippen LogP contribution in [0, 0.1) is 0 Å². The average Bonchev–Trinajstić information content (AvgIpc) is 2.14. The van der Waals surface area contributed by atoms with E-state index in [0.717, 1.165) is 0 Å². The van der Waals surface area contributed by atoms with Gasteiger partial charge in [-0.25, -0.2) is 0 Å². The summed E-state index contributed by atoms with van der Waals surface area (Å²) in [4.78, 5) is 0. The van der Waals surface area contributed by atoms with Crippen molar-refractivity contribution in [2.75, 3.05) is 0 Å². The summed E-state index contributed by atoms with van der Waals surface area (Å²) in [5.41, 5.74) is -3.39. The topological polar surface area (TPSA) is 12.4 Å². The first-order valence-electron chi connectivity index (χ1n) is 3.77. The molecule has 0 aliphatic heterocycles. The van der Waals surface area contributed by atoms with E-state index in [9.17, 15) is 26.3 Å². The number of rotatable bonds is 1. The van der Waals surface area contributed by atoms with Gasteiger partial charge in [0.1, 0.15) is 0 Å². The Hall–Kier alpha value is -1.18. The molecule has 8 heteroatoms. The van der Waals surface area contributed by atoms with Crippen LogP contribution in [0.3, 0.4) is 0 Å². The second-order valence-electron chi connectivity index (χ2n) is 2.86. The third kappa shape index (κ3) is 2.91. The highest BCUT2D eigenvalue weighted by atomic mass is 32.1. The molecule has 0 amide bonds. The Morgan fingerprint density at radius 2 is 1.19 bits per heavy atom. The molecule has 0 bridgehead atoms. The summed E-state index contributed by atoms with van der Waals surface area (Å²) in [6.07, 6.45) is -9.73. The van der Waals surface area contributed by atoms with Gasteiger partial charge in [-0.05, 0) is 18.2 Å². The summed E-state index contributed by atoms with van der Waals surface area (Å²) in [5.74, 6) is 0. The Kier molecular flexibility index (Phi) is 3.22. The van der Waals surface area contributed by atoms with E-state index in [4.69, 9.17) is 0 Å². The Labute approximate surface area is 91.2 Å². The van der Waals surface area contributed by atoms with E-state index >= 15 is 0 Å². The molecule has 0 atom stereocenters. The molecule has 0 saturated heterocycles. The van der Waals surface area contributed by atoms with Gasteiger partial charge >= 0.3 is 12.4 Å². The van der Waals surface area contributed by atoms with Crippen LogP contribution in [0.5, 0.6) is 0 Å². The fraction of sp³-hybridized carbons (Fsp3) is 0.250. The first kappa shape index (κ1) is 12.9. The van der Waals surface area contributed by atoms with Gasteiger partial charge in [0.15, 0.2) is 0 Å². The van der Waals surface area contributed by atoms with Gasteiger partial charge in [0.2, 0.25) is 0 Å². The highest BCUT2D eigenvalue weighted by Crippen LogP contribution is 2.37. The normalized spacial score (nSPS) is 12.6. The lowest BCUT2D eigenvalue weighted by molar-refractivity contribution is -0.143. The Bertz CT molecular complexity index is 376. The number of hydrogen-bond acceptors (Lipinski definition) is 2. The molecule has 0 aliphatic carbocycles. The van der Waals surface area contributed by atoms with Crippen LogP contribution in [0.2, 0.25) is 0 Å². The summed E-state index contributed by atoms with van der Waals surface area (Å²) in [6.45, 7) is 0. The lowest BCUT2D eigenvalue weighted by Gasteiger charge is -2.11. The molecule has 0 N–H and O–H groups in total. The molecule has 0 aliphatic rings. The molecular weight excluding hydrogens is 256 g/mol. The molecule has 0 heterocycles.